The van der Waals surface area contributed by atoms with E-state index in [9.17, 15) is 5.11 Å². The fourth-order valence-electron chi connectivity index (χ4n) is 1.04. The van der Waals surface area contributed by atoms with Gasteiger partial charge in [0.2, 0.25) is 5.95 Å². The standard InChI is InChI=1S/C9H16N4O/c1-2-7(14)3-5-11-8-4-6-12-9(10)13-8/h4,6-7,14H,2-3,5H2,1H3,(H3,10,11,12,13). The lowest BCUT2D eigenvalue weighted by atomic mass is 10.2. The van der Waals surface area contributed by atoms with E-state index in [0.29, 0.717) is 18.8 Å². The molecule has 1 rings (SSSR count). The van der Waals surface area contributed by atoms with Gasteiger partial charge >= 0.3 is 0 Å². The van der Waals surface area contributed by atoms with Crippen LogP contribution in [0.5, 0.6) is 0 Å². The number of nitrogen functional groups attached to an aromatic ring is 1. The van der Waals surface area contributed by atoms with Crippen LogP contribution < -0.4 is 11.1 Å². The van der Waals surface area contributed by atoms with Gasteiger partial charge in [0.25, 0.3) is 0 Å². The normalized spacial score (nSPS) is 12.4. The van der Waals surface area contributed by atoms with E-state index in [1.54, 1.807) is 12.3 Å². The number of rotatable bonds is 5. The van der Waals surface area contributed by atoms with Gasteiger partial charge < -0.3 is 16.2 Å². The van der Waals surface area contributed by atoms with Gasteiger partial charge in [-0.1, -0.05) is 6.92 Å². The lowest BCUT2D eigenvalue weighted by molar-refractivity contribution is 0.164. The van der Waals surface area contributed by atoms with Crippen molar-refractivity contribution in [1.29, 1.82) is 0 Å². The molecule has 5 nitrogen and oxygen atoms in total. The zero-order valence-electron chi connectivity index (χ0n) is 8.27. The number of nitrogens with two attached hydrogens (primary N) is 1. The number of aliphatic hydroxyl groups excluding tert-OH is 1. The average molecular weight is 196 g/mol. The first-order valence-electron chi connectivity index (χ1n) is 4.73. The van der Waals surface area contributed by atoms with Crippen LogP contribution in [0.15, 0.2) is 12.3 Å². The van der Waals surface area contributed by atoms with Crippen molar-refractivity contribution in [3.05, 3.63) is 12.3 Å². The molecule has 4 N–H and O–H groups in total. The van der Waals surface area contributed by atoms with E-state index in [1.807, 2.05) is 6.92 Å². The van der Waals surface area contributed by atoms with Gasteiger partial charge in [0.1, 0.15) is 5.82 Å². The molecule has 0 aliphatic heterocycles. The highest BCUT2D eigenvalue weighted by atomic mass is 16.3. The Balaban J connectivity index is 2.31. The summed E-state index contributed by atoms with van der Waals surface area (Å²) in [6, 6.07) is 1.74. The predicted octanol–water partition coefficient (Wildman–Crippen LogP) is 0.632. The fraction of sp³-hybridized carbons (Fsp3) is 0.556. The van der Waals surface area contributed by atoms with Crippen LogP contribution >= 0.6 is 0 Å². The second-order valence-electron chi connectivity index (χ2n) is 3.08. The topological polar surface area (TPSA) is 84.1 Å². The van der Waals surface area contributed by atoms with E-state index in [-0.39, 0.29) is 12.1 Å². The molecule has 0 bridgehead atoms. The van der Waals surface area contributed by atoms with E-state index < -0.39 is 0 Å². The van der Waals surface area contributed by atoms with E-state index in [2.05, 4.69) is 15.3 Å². The van der Waals surface area contributed by atoms with Crippen molar-refractivity contribution in [2.45, 2.75) is 25.9 Å². The van der Waals surface area contributed by atoms with Gasteiger partial charge in [-0.2, -0.15) is 4.98 Å². The van der Waals surface area contributed by atoms with Crippen molar-refractivity contribution in [3.8, 4) is 0 Å². The zero-order chi connectivity index (χ0) is 10.4. The largest absolute Gasteiger partial charge is 0.393 e. The minimum Gasteiger partial charge on any atom is -0.393 e. The molecule has 78 valence electrons. The molecule has 1 atom stereocenters. The molecule has 0 fully saturated rings. The van der Waals surface area contributed by atoms with Gasteiger partial charge in [-0.15, -0.1) is 0 Å². The maximum atomic E-state index is 9.29. The summed E-state index contributed by atoms with van der Waals surface area (Å²) in [4.78, 5) is 7.75. The fourth-order valence-corrected chi connectivity index (χ4v) is 1.04. The summed E-state index contributed by atoms with van der Waals surface area (Å²) in [6.45, 7) is 2.64. The molecule has 0 spiro atoms. The molecule has 14 heavy (non-hydrogen) atoms. The van der Waals surface area contributed by atoms with Crippen LogP contribution in [0.25, 0.3) is 0 Å². The van der Waals surface area contributed by atoms with Crippen LogP contribution in [-0.4, -0.2) is 27.7 Å². The number of hydrogen-bond donors (Lipinski definition) is 3. The van der Waals surface area contributed by atoms with Crippen molar-refractivity contribution in [1.82, 2.24) is 9.97 Å². The molecule has 1 aromatic heterocycles. The maximum absolute atomic E-state index is 9.29. The van der Waals surface area contributed by atoms with Crippen molar-refractivity contribution in [2.75, 3.05) is 17.6 Å². The van der Waals surface area contributed by atoms with Gasteiger partial charge in [0.05, 0.1) is 6.10 Å². The zero-order valence-corrected chi connectivity index (χ0v) is 8.27. The molecule has 0 radical (unpaired) electrons. The quantitative estimate of drug-likeness (QED) is 0.643. The average Bonchev–Trinajstić information content (AvgIpc) is 2.17. The molecule has 0 aliphatic rings. The van der Waals surface area contributed by atoms with Crippen molar-refractivity contribution in [3.63, 3.8) is 0 Å². The van der Waals surface area contributed by atoms with E-state index in [0.717, 1.165) is 6.42 Å². The molecular weight excluding hydrogens is 180 g/mol. The number of nitrogens with zero attached hydrogens (tertiary/aromatic N) is 2. The monoisotopic (exact) mass is 196 g/mol. The minimum atomic E-state index is -0.248. The summed E-state index contributed by atoms with van der Waals surface area (Å²) in [7, 11) is 0. The lowest BCUT2D eigenvalue weighted by Gasteiger charge is -2.08. The summed E-state index contributed by atoms with van der Waals surface area (Å²) in [5.41, 5.74) is 5.40. The Morgan fingerprint density at radius 2 is 2.43 bits per heavy atom. The third-order valence-electron chi connectivity index (χ3n) is 1.93. The molecule has 0 saturated heterocycles. The smallest absolute Gasteiger partial charge is 0.221 e. The second-order valence-corrected chi connectivity index (χ2v) is 3.08. The SMILES string of the molecule is CCC(O)CCNc1ccnc(N)n1. The third-order valence-corrected chi connectivity index (χ3v) is 1.93. The maximum Gasteiger partial charge on any atom is 0.221 e. The van der Waals surface area contributed by atoms with Crippen molar-refractivity contribution >= 4 is 11.8 Å². The van der Waals surface area contributed by atoms with Gasteiger partial charge in [-0.25, -0.2) is 4.98 Å². The first-order valence-corrected chi connectivity index (χ1v) is 4.73. The summed E-state index contributed by atoms with van der Waals surface area (Å²) in [6.07, 6.45) is 2.83. The highest BCUT2D eigenvalue weighted by Gasteiger charge is 2.00. The molecule has 0 amide bonds. The summed E-state index contributed by atoms with van der Waals surface area (Å²) >= 11 is 0. The molecule has 5 heteroatoms. The number of nitrogens with one attached hydrogen (secondary N) is 1. The highest BCUT2D eigenvalue weighted by Crippen LogP contribution is 2.03. The number of aliphatic hydroxyl groups is 1. The van der Waals surface area contributed by atoms with Crippen LogP contribution in [0.4, 0.5) is 11.8 Å². The Bertz CT molecular complexity index is 279. The lowest BCUT2D eigenvalue weighted by Crippen LogP contribution is -2.13. The Labute approximate surface area is 83.4 Å². The number of aromatic nitrogens is 2. The number of hydrogen-bond acceptors (Lipinski definition) is 5. The second kappa shape index (κ2) is 5.39. The Hall–Kier alpha value is -1.36. The molecule has 1 heterocycles. The van der Waals surface area contributed by atoms with Gasteiger partial charge in [-0.05, 0) is 18.9 Å². The van der Waals surface area contributed by atoms with Crippen LogP contribution in [0.3, 0.4) is 0 Å². The molecule has 1 aromatic rings. The molecular formula is C9H16N4O. The molecule has 0 aromatic carbocycles. The highest BCUT2D eigenvalue weighted by molar-refractivity contribution is 5.37. The van der Waals surface area contributed by atoms with E-state index in [4.69, 9.17) is 5.73 Å². The molecule has 1 unspecified atom stereocenters. The first kappa shape index (κ1) is 10.7. The van der Waals surface area contributed by atoms with E-state index >= 15 is 0 Å². The predicted molar refractivity (Wildman–Crippen MR) is 55.8 cm³/mol. The Morgan fingerprint density at radius 3 is 3.07 bits per heavy atom. The Kier molecular flexibility index (Phi) is 4.12. The van der Waals surface area contributed by atoms with Gasteiger partial charge in [0, 0.05) is 12.7 Å². The van der Waals surface area contributed by atoms with Crippen molar-refractivity contribution < 1.29 is 5.11 Å². The van der Waals surface area contributed by atoms with Crippen molar-refractivity contribution in [2.24, 2.45) is 0 Å². The van der Waals surface area contributed by atoms with Crippen LogP contribution in [0, 0.1) is 0 Å². The summed E-state index contributed by atoms with van der Waals surface area (Å²) < 4.78 is 0. The van der Waals surface area contributed by atoms with Crippen LogP contribution in [0.1, 0.15) is 19.8 Å². The van der Waals surface area contributed by atoms with Crippen LogP contribution in [0.2, 0.25) is 0 Å². The van der Waals surface area contributed by atoms with Crippen LogP contribution in [-0.2, 0) is 0 Å². The molecule has 0 aliphatic carbocycles. The number of anilines is 2. The summed E-state index contributed by atoms with van der Waals surface area (Å²) in [5.74, 6) is 0.951. The summed E-state index contributed by atoms with van der Waals surface area (Å²) in [5, 5.41) is 12.4. The van der Waals surface area contributed by atoms with Gasteiger partial charge in [0.15, 0.2) is 0 Å². The van der Waals surface area contributed by atoms with Gasteiger partial charge in [-0.3, -0.25) is 0 Å². The Morgan fingerprint density at radius 1 is 1.64 bits per heavy atom. The molecule has 0 saturated carbocycles. The minimum absolute atomic E-state index is 0.248. The van der Waals surface area contributed by atoms with E-state index in [1.165, 1.54) is 0 Å². The third kappa shape index (κ3) is 3.57. The first-order chi connectivity index (χ1) is 6.72.